The van der Waals surface area contributed by atoms with E-state index in [9.17, 15) is 0 Å². The first-order chi connectivity index (χ1) is 8.74. The first-order valence-corrected chi connectivity index (χ1v) is 6.58. The van der Waals surface area contributed by atoms with Gasteiger partial charge in [-0.25, -0.2) is 4.68 Å². The molecule has 0 amide bonds. The van der Waals surface area contributed by atoms with Crippen LogP contribution < -0.4 is 5.32 Å². The number of nitrogens with zero attached hydrogens (tertiary/aromatic N) is 2. The molecule has 1 aromatic carbocycles. The second-order valence-corrected chi connectivity index (χ2v) is 5.13. The van der Waals surface area contributed by atoms with Crippen LogP contribution in [0.1, 0.15) is 29.7 Å². The van der Waals surface area contributed by atoms with E-state index in [2.05, 4.69) is 48.5 Å². The fourth-order valence-electron chi connectivity index (χ4n) is 2.11. The van der Waals surface area contributed by atoms with Gasteiger partial charge < -0.3 is 5.32 Å². The molecule has 0 saturated heterocycles. The third-order valence-corrected chi connectivity index (χ3v) is 3.62. The molecular formula is C15H19N3. The van der Waals surface area contributed by atoms with Crippen molar-refractivity contribution in [3.8, 4) is 5.69 Å². The van der Waals surface area contributed by atoms with Crippen LogP contribution in [-0.2, 0) is 6.54 Å². The number of hydrogen-bond acceptors (Lipinski definition) is 2. The summed E-state index contributed by atoms with van der Waals surface area (Å²) in [6, 6.07) is 9.17. The maximum Gasteiger partial charge on any atom is 0.0766 e. The molecule has 1 aromatic heterocycles. The summed E-state index contributed by atoms with van der Waals surface area (Å²) in [7, 11) is 0. The van der Waals surface area contributed by atoms with Crippen LogP contribution in [-0.4, -0.2) is 15.8 Å². The van der Waals surface area contributed by atoms with Crippen molar-refractivity contribution in [3.63, 3.8) is 0 Å². The van der Waals surface area contributed by atoms with Crippen molar-refractivity contribution in [2.24, 2.45) is 0 Å². The summed E-state index contributed by atoms with van der Waals surface area (Å²) in [6.07, 6.45) is 4.68. The van der Waals surface area contributed by atoms with Crippen LogP contribution in [0.2, 0.25) is 0 Å². The smallest absolute Gasteiger partial charge is 0.0766 e. The largest absolute Gasteiger partial charge is 0.308 e. The molecule has 1 heterocycles. The molecule has 1 N–H and O–H groups in total. The summed E-state index contributed by atoms with van der Waals surface area (Å²) in [6.45, 7) is 5.16. The van der Waals surface area contributed by atoms with E-state index in [1.165, 1.54) is 29.7 Å². The molecule has 0 aliphatic heterocycles. The fourth-order valence-corrected chi connectivity index (χ4v) is 2.11. The second-order valence-electron chi connectivity index (χ2n) is 5.13. The predicted molar refractivity (Wildman–Crippen MR) is 72.9 cm³/mol. The Morgan fingerprint density at radius 1 is 1.28 bits per heavy atom. The van der Waals surface area contributed by atoms with Gasteiger partial charge in [-0.2, -0.15) is 5.10 Å². The topological polar surface area (TPSA) is 29.9 Å². The van der Waals surface area contributed by atoms with Gasteiger partial charge in [0, 0.05) is 18.8 Å². The van der Waals surface area contributed by atoms with E-state index in [1.54, 1.807) is 0 Å². The maximum atomic E-state index is 4.64. The first-order valence-electron chi connectivity index (χ1n) is 6.58. The van der Waals surface area contributed by atoms with Gasteiger partial charge in [0.1, 0.15) is 0 Å². The van der Waals surface area contributed by atoms with Gasteiger partial charge in [-0.15, -0.1) is 0 Å². The van der Waals surface area contributed by atoms with E-state index in [0.29, 0.717) is 0 Å². The van der Waals surface area contributed by atoms with E-state index in [0.717, 1.165) is 18.3 Å². The van der Waals surface area contributed by atoms with Crippen molar-refractivity contribution in [3.05, 3.63) is 47.3 Å². The Bertz CT molecular complexity index is 553. The van der Waals surface area contributed by atoms with Gasteiger partial charge in [0.15, 0.2) is 0 Å². The molecule has 0 spiro atoms. The molecule has 0 unspecified atom stereocenters. The molecule has 1 saturated carbocycles. The summed E-state index contributed by atoms with van der Waals surface area (Å²) >= 11 is 0. The molecule has 3 nitrogen and oxygen atoms in total. The van der Waals surface area contributed by atoms with Crippen molar-refractivity contribution in [1.82, 2.24) is 15.1 Å². The summed E-state index contributed by atoms with van der Waals surface area (Å²) in [5, 5.41) is 8.12. The Kier molecular flexibility index (Phi) is 2.92. The Morgan fingerprint density at radius 3 is 2.89 bits per heavy atom. The third kappa shape index (κ3) is 2.31. The SMILES string of the molecule is Cc1cccc(-n2ccc(CNC3CC3)n2)c1C. The Hall–Kier alpha value is -1.61. The van der Waals surface area contributed by atoms with Gasteiger partial charge in [0.2, 0.25) is 0 Å². The lowest BCUT2D eigenvalue weighted by Gasteiger charge is -2.08. The molecule has 18 heavy (non-hydrogen) atoms. The predicted octanol–water partition coefficient (Wildman–Crippen LogP) is 2.74. The second kappa shape index (κ2) is 4.58. The fraction of sp³-hybridized carbons (Fsp3) is 0.400. The molecule has 3 rings (SSSR count). The number of hydrogen-bond donors (Lipinski definition) is 1. The van der Waals surface area contributed by atoms with Crippen LogP contribution >= 0.6 is 0 Å². The Morgan fingerprint density at radius 2 is 2.11 bits per heavy atom. The highest BCUT2D eigenvalue weighted by atomic mass is 15.3. The van der Waals surface area contributed by atoms with E-state index in [4.69, 9.17) is 0 Å². The van der Waals surface area contributed by atoms with E-state index in [-0.39, 0.29) is 0 Å². The summed E-state index contributed by atoms with van der Waals surface area (Å²) in [5.74, 6) is 0. The number of benzene rings is 1. The quantitative estimate of drug-likeness (QED) is 0.892. The van der Waals surface area contributed by atoms with Gasteiger partial charge in [0.05, 0.1) is 11.4 Å². The summed E-state index contributed by atoms with van der Waals surface area (Å²) in [5.41, 5.74) is 4.89. The lowest BCUT2D eigenvalue weighted by Crippen LogP contribution is -2.15. The van der Waals surface area contributed by atoms with Crippen LogP contribution in [0, 0.1) is 13.8 Å². The zero-order valence-corrected chi connectivity index (χ0v) is 11.0. The minimum Gasteiger partial charge on any atom is -0.308 e. The van der Waals surface area contributed by atoms with Crippen molar-refractivity contribution in [2.75, 3.05) is 0 Å². The lowest BCUT2D eigenvalue weighted by molar-refractivity contribution is 0.664. The molecule has 0 bridgehead atoms. The van der Waals surface area contributed by atoms with Gasteiger partial charge in [-0.1, -0.05) is 12.1 Å². The molecule has 1 fully saturated rings. The molecule has 1 aliphatic carbocycles. The van der Waals surface area contributed by atoms with Gasteiger partial charge in [-0.05, 0) is 49.9 Å². The van der Waals surface area contributed by atoms with Crippen molar-refractivity contribution in [2.45, 2.75) is 39.3 Å². The number of nitrogens with one attached hydrogen (secondary N) is 1. The highest BCUT2D eigenvalue weighted by molar-refractivity contribution is 5.44. The summed E-state index contributed by atoms with van der Waals surface area (Å²) in [4.78, 5) is 0. The van der Waals surface area contributed by atoms with Gasteiger partial charge in [-0.3, -0.25) is 0 Å². The van der Waals surface area contributed by atoms with Crippen LogP contribution in [0.3, 0.4) is 0 Å². The average Bonchev–Trinajstić information content (AvgIpc) is 3.08. The zero-order valence-electron chi connectivity index (χ0n) is 11.0. The highest BCUT2D eigenvalue weighted by Crippen LogP contribution is 2.20. The van der Waals surface area contributed by atoms with E-state index < -0.39 is 0 Å². The molecule has 2 aromatic rings. The molecule has 94 valence electrons. The number of rotatable bonds is 4. The number of aromatic nitrogens is 2. The number of aryl methyl sites for hydroxylation is 1. The molecule has 1 aliphatic rings. The molecule has 0 radical (unpaired) electrons. The van der Waals surface area contributed by atoms with Crippen molar-refractivity contribution in [1.29, 1.82) is 0 Å². The Labute approximate surface area is 108 Å². The normalized spacial score (nSPS) is 15.0. The Balaban J connectivity index is 1.80. The van der Waals surface area contributed by atoms with Crippen molar-refractivity contribution < 1.29 is 0 Å². The third-order valence-electron chi connectivity index (χ3n) is 3.62. The van der Waals surface area contributed by atoms with Crippen LogP contribution in [0.25, 0.3) is 5.69 Å². The molecular weight excluding hydrogens is 222 g/mol. The standard InChI is InChI=1S/C15H19N3/c1-11-4-3-5-15(12(11)2)18-9-8-14(17-18)10-16-13-6-7-13/h3-5,8-9,13,16H,6-7,10H2,1-2H3. The minimum absolute atomic E-state index is 0.732. The minimum atomic E-state index is 0.732. The van der Waals surface area contributed by atoms with Gasteiger partial charge >= 0.3 is 0 Å². The highest BCUT2D eigenvalue weighted by Gasteiger charge is 2.20. The first kappa shape index (κ1) is 11.5. The van der Waals surface area contributed by atoms with Crippen LogP contribution in [0.5, 0.6) is 0 Å². The molecule has 3 heteroatoms. The van der Waals surface area contributed by atoms with Gasteiger partial charge in [0.25, 0.3) is 0 Å². The van der Waals surface area contributed by atoms with E-state index >= 15 is 0 Å². The average molecular weight is 241 g/mol. The van der Waals surface area contributed by atoms with Crippen molar-refractivity contribution >= 4 is 0 Å². The lowest BCUT2D eigenvalue weighted by atomic mass is 10.1. The summed E-state index contributed by atoms with van der Waals surface area (Å²) < 4.78 is 1.98. The molecule has 0 atom stereocenters. The maximum absolute atomic E-state index is 4.64. The monoisotopic (exact) mass is 241 g/mol. The van der Waals surface area contributed by atoms with Crippen LogP contribution in [0.4, 0.5) is 0 Å². The van der Waals surface area contributed by atoms with E-state index in [1.807, 2.05) is 10.9 Å². The zero-order chi connectivity index (χ0) is 12.5. The van der Waals surface area contributed by atoms with Crippen LogP contribution in [0.15, 0.2) is 30.5 Å².